The molecule has 0 atom stereocenters. The van der Waals surface area contributed by atoms with E-state index < -0.39 is 27.3 Å². The summed E-state index contributed by atoms with van der Waals surface area (Å²) >= 11 is 0. The van der Waals surface area contributed by atoms with Crippen LogP contribution in [0.2, 0.25) is 0 Å². The summed E-state index contributed by atoms with van der Waals surface area (Å²) in [5.74, 6) is -1.76. The molecule has 0 aromatic heterocycles. The molecule has 0 bridgehead atoms. The highest BCUT2D eigenvalue weighted by Crippen LogP contribution is 2.33. The van der Waals surface area contributed by atoms with Gasteiger partial charge in [0.15, 0.2) is 0 Å². The standard InChI is InChI=1S/C23H23NO6S/c1-17-9-11-19(12-10-17)31(27,28)20-13-14-23(21(25)29-2,22(26)30-3)24(16-20)15-18-7-5-4-6-8-18/h4-14,16H,15H2,1-3H3. The Morgan fingerprint density at radius 1 is 0.935 bits per heavy atom. The van der Waals surface area contributed by atoms with Gasteiger partial charge in [-0.1, -0.05) is 48.0 Å². The first-order chi connectivity index (χ1) is 14.8. The van der Waals surface area contributed by atoms with Gasteiger partial charge in [-0.05, 0) is 36.8 Å². The van der Waals surface area contributed by atoms with Gasteiger partial charge in [0, 0.05) is 12.7 Å². The van der Waals surface area contributed by atoms with Gasteiger partial charge in [0.25, 0.3) is 5.54 Å². The molecule has 3 rings (SSSR count). The number of ether oxygens (including phenoxy) is 2. The van der Waals surface area contributed by atoms with E-state index in [-0.39, 0.29) is 16.3 Å². The maximum Gasteiger partial charge on any atom is 0.347 e. The fourth-order valence-electron chi connectivity index (χ4n) is 3.32. The first kappa shape index (κ1) is 22.3. The lowest BCUT2D eigenvalue weighted by atomic mass is 9.93. The van der Waals surface area contributed by atoms with Gasteiger partial charge >= 0.3 is 11.9 Å². The predicted octanol–water partition coefficient (Wildman–Crippen LogP) is 2.77. The van der Waals surface area contributed by atoms with E-state index in [4.69, 9.17) is 9.47 Å². The summed E-state index contributed by atoms with van der Waals surface area (Å²) in [4.78, 5) is 26.9. The average molecular weight is 442 g/mol. The second-order valence-electron chi connectivity index (χ2n) is 7.04. The number of hydrogen-bond donors (Lipinski definition) is 0. The third kappa shape index (κ3) is 4.11. The number of methoxy groups -OCH3 is 2. The first-order valence-electron chi connectivity index (χ1n) is 9.46. The van der Waals surface area contributed by atoms with Crippen LogP contribution in [-0.2, 0) is 35.4 Å². The van der Waals surface area contributed by atoms with Crippen LogP contribution in [0, 0.1) is 6.92 Å². The Kier molecular flexibility index (Phi) is 6.31. The minimum absolute atomic E-state index is 0.0595. The number of nitrogens with zero attached hydrogens (tertiary/aromatic N) is 1. The van der Waals surface area contributed by atoms with Crippen LogP contribution >= 0.6 is 0 Å². The minimum Gasteiger partial charge on any atom is -0.467 e. The number of carbonyl (C=O) groups excluding carboxylic acids is 2. The quantitative estimate of drug-likeness (QED) is 0.503. The van der Waals surface area contributed by atoms with Gasteiger partial charge in [0.2, 0.25) is 9.84 Å². The highest BCUT2D eigenvalue weighted by Gasteiger charge is 2.52. The topological polar surface area (TPSA) is 90.0 Å². The lowest BCUT2D eigenvalue weighted by molar-refractivity contribution is -0.166. The van der Waals surface area contributed by atoms with E-state index in [2.05, 4.69) is 0 Å². The smallest absolute Gasteiger partial charge is 0.347 e. The van der Waals surface area contributed by atoms with Crippen LogP contribution in [0.25, 0.3) is 0 Å². The van der Waals surface area contributed by atoms with Crippen LogP contribution in [0.3, 0.4) is 0 Å². The molecule has 7 nitrogen and oxygen atoms in total. The SMILES string of the molecule is COC(=O)C1(C(=O)OC)C=CC(S(=O)(=O)c2ccc(C)cc2)=CN1Cc1ccccc1. The number of aryl methyl sites for hydroxylation is 1. The van der Waals surface area contributed by atoms with Crippen molar-refractivity contribution in [2.75, 3.05) is 14.2 Å². The Balaban J connectivity index is 2.14. The lowest BCUT2D eigenvalue weighted by Crippen LogP contribution is -2.58. The second-order valence-corrected chi connectivity index (χ2v) is 8.99. The summed E-state index contributed by atoms with van der Waals surface area (Å²) in [6.45, 7) is 1.93. The van der Waals surface area contributed by atoms with Crippen LogP contribution in [0.15, 0.2) is 82.7 Å². The Hall–Kier alpha value is -3.39. The van der Waals surface area contributed by atoms with Crippen LogP contribution in [0.4, 0.5) is 0 Å². The lowest BCUT2D eigenvalue weighted by Gasteiger charge is -2.38. The minimum atomic E-state index is -3.89. The van der Waals surface area contributed by atoms with Gasteiger partial charge < -0.3 is 14.4 Å². The molecule has 2 aromatic rings. The van der Waals surface area contributed by atoms with Crippen LogP contribution in [0.1, 0.15) is 11.1 Å². The van der Waals surface area contributed by atoms with Gasteiger partial charge in [-0.2, -0.15) is 0 Å². The molecule has 1 aliphatic rings. The maximum absolute atomic E-state index is 13.2. The normalized spacial score (nSPS) is 15.2. The molecule has 1 heterocycles. The molecule has 0 fully saturated rings. The van der Waals surface area contributed by atoms with Gasteiger partial charge in [-0.25, -0.2) is 18.0 Å². The largest absolute Gasteiger partial charge is 0.467 e. The number of carbonyl (C=O) groups is 2. The number of allylic oxidation sites excluding steroid dienone is 1. The maximum atomic E-state index is 13.2. The van der Waals surface area contributed by atoms with E-state index in [1.54, 1.807) is 36.4 Å². The highest BCUT2D eigenvalue weighted by molar-refractivity contribution is 7.95. The first-order valence-corrected chi connectivity index (χ1v) is 10.9. The molecule has 0 saturated heterocycles. The van der Waals surface area contributed by atoms with E-state index in [1.165, 1.54) is 35.4 Å². The molecule has 0 spiro atoms. The summed E-state index contributed by atoms with van der Waals surface area (Å²) in [5.41, 5.74) is -0.266. The Bertz CT molecular complexity index is 1120. The number of esters is 2. The van der Waals surface area contributed by atoms with E-state index >= 15 is 0 Å². The van der Waals surface area contributed by atoms with Crippen LogP contribution < -0.4 is 0 Å². The molecule has 2 aromatic carbocycles. The third-order valence-corrected chi connectivity index (χ3v) is 6.81. The number of rotatable bonds is 6. The van der Waals surface area contributed by atoms with Crippen molar-refractivity contribution in [3.05, 3.63) is 89.0 Å². The summed E-state index contributed by atoms with van der Waals surface area (Å²) in [6.07, 6.45) is 3.75. The molecule has 0 saturated carbocycles. The Morgan fingerprint density at radius 2 is 1.52 bits per heavy atom. The molecule has 0 radical (unpaired) electrons. The third-order valence-electron chi connectivity index (χ3n) is 5.06. The molecule has 0 unspecified atom stereocenters. The van der Waals surface area contributed by atoms with Crippen molar-refractivity contribution in [1.82, 2.24) is 4.90 Å². The molecular weight excluding hydrogens is 418 g/mol. The molecule has 31 heavy (non-hydrogen) atoms. The van der Waals surface area contributed by atoms with Crippen molar-refractivity contribution >= 4 is 21.8 Å². The number of benzene rings is 2. The highest BCUT2D eigenvalue weighted by atomic mass is 32.2. The molecule has 1 aliphatic heterocycles. The Labute approximate surface area is 181 Å². The van der Waals surface area contributed by atoms with Gasteiger partial charge in [-0.3, -0.25) is 0 Å². The summed E-state index contributed by atoms with van der Waals surface area (Å²) in [5, 5.41) is 0. The molecule has 8 heteroatoms. The molecular formula is C23H23NO6S. The number of hydrogen-bond acceptors (Lipinski definition) is 7. The zero-order chi connectivity index (χ0) is 22.6. The van der Waals surface area contributed by atoms with Crippen molar-refractivity contribution in [3.63, 3.8) is 0 Å². The fourth-order valence-corrected chi connectivity index (χ4v) is 4.60. The van der Waals surface area contributed by atoms with Gasteiger partial charge in [0.05, 0.1) is 24.0 Å². The van der Waals surface area contributed by atoms with E-state index in [1.807, 2.05) is 13.0 Å². The van der Waals surface area contributed by atoms with E-state index in [0.717, 1.165) is 25.3 Å². The fraction of sp³-hybridized carbons (Fsp3) is 0.217. The predicted molar refractivity (Wildman–Crippen MR) is 114 cm³/mol. The van der Waals surface area contributed by atoms with Crippen molar-refractivity contribution in [2.24, 2.45) is 0 Å². The van der Waals surface area contributed by atoms with Crippen molar-refractivity contribution < 1.29 is 27.5 Å². The molecule has 0 amide bonds. The van der Waals surface area contributed by atoms with E-state index in [0.29, 0.717) is 0 Å². The van der Waals surface area contributed by atoms with Crippen molar-refractivity contribution in [3.8, 4) is 0 Å². The number of sulfone groups is 1. The Morgan fingerprint density at radius 3 is 2.06 bits per heavy atom. The van der Waals surface area contributed by atoms with Crippen molar-refractivity contribution in [2.45, 2.75) is 23.9 Å². The summed E-state index contributed by atoms with van der Waals surface area (Å²) < 4.78 is 36.2. The monoisotopic (exact) mass is 441 g/mol. The zero-order valence-electron chi connectivity index (χ0n) is 17.4. The second kappa shape index (κ2) is 8.77. The average Bonchev–Trinajstić information content (AvgIpc) is 2.79. The molecule has 162 valence electrons. The molecule has 0 N–H and O–H groups in total. The van der Waals surface area contributed by atoms with Gasteiger partial charge in [-0.15, -0.1) is 0 Å². The van der Waals surface area contributed by atoms with Crippen LogP contribution in [0.5, 0.6) is 0 Å². The summed E-state index contributed by atoms with van der Waals surface area (Å²) in [7, 11) is -1.58. The van der Waals surface area contributed by atoms with Crippen LogP contribution in [-0.4, -0.2) is 45.0 Å². The summed E-state index contributed by atoms with van der Waals surface area (Å²) in [6, 6.07) is 15.5. The van der Waals surface area contributed by atoms with Crippen molar-refractivity contribution in [1.29, 1.82) is 0 Å². The molecule has 0 aliphatic carbocycles. The van der Waals surface area contributed by atoms with E-state index in [9.17, 15) is 18.0 Å². The van der Waals surface area contributed by atoms with Gasteiger partial charge in [0.1, 0.15) is 0 Å². The zero-order valence-corrected chi connectivity index (χ0v) is 18.3.